The zero-order valence-corrected chi connectivity index (χ0v) is 6.87. The highest BCUT2D eigenvalue weighted by Crippen LogP contribution is 2.31. The smallest absolute Gasteiger partial charge is 0.142 e. The second kappa shape index (κ2) is 2.59. The van der Waals surface area contributed by atoms with Crippen molar-refractivity contribution in [3.63, 3.8) is 0 Å². The largest absolute Gasteiger partial charge is 0.508 e. The fourth-order valence-corrected chi connectivity index (χ4v) is 1.28. The fourth-order valence-electron chi connectivity index (χ4n) is 1.28. The third-order valence-electron chi connectivity index (χ3n) is 1.85. The van der Waals surface area contributed by atoms with Gasteiger partial charge in [0.1, 0.15) is 18.1 Å². The Kier molecular flexibility index (Phi) is 1.57. The molecule has 0 aliphatic carbocycles. The molecule has 1 aliphatic heterocycles. The Morgan fingerprint density at radius 3 is 3.25 bits per heavy atom. The molecule has 1 unspecified atom stereocenters. The zero-order chi connectivity index (χ0) is 8.55. The summed E-state index contributed by atoms with van der Waals surface area (Å²) in [6.07, 6.45) is 0. The van der Waals surface area contributed by atoms with Gasteiger partial charge in [-0.25, -0.2) is 0 Å². The van der Waals surface area contributed by atoms with Gasteiger partial charge in [-0.2, -0.15) is 0 Å². The average molecular weight is 165 g/mol. The van der Waals surface area contributed by atoms with E-state index in [2.05, 4.69) is 5.32 Å². The molecule has 1 aromatic rings. The van der Waals surface area contributed by atoms with Gasteiger partial charge < -0.3 is 15.2 Å². The number of hydrogen-bond donors (Lipinski definition) is 2. The Morgan fingerprint density at radius 2 is 2.42 bits per heavy atom. The minimum atomic E-state index is 0.263. The lowest BCUT2D eigenvalue weighted by molar-refractivity contribution is 0.291. The number of hydrogen-bond acceptors (Lipinski definition) is 3. The van der Waals surface area contributed by atoms with Crippen LogP contribution in [-0.4, -0.2) is 17.8 Å². The molecule has 3 nitrogen and oxygen atoms in total. The molecule has 64 valence electrons. The van der Waals surface area contributed by atoms with Crippen LogP contribution in [0.1, 0.15) is 6.92 Å². The number of phenols is 1. The first kappa shape index (κ1) is 7.28. The summed E-state index contributed by atoms with van der Waals surface area (Å²) in [7, 11) is 0. The molecule has 0 bridgehead atoms. The van der Waals surface area contributed by atoms with Crippen LogP contribution >= 0.6 is 0 Å². The van der Waals surface area contributed by atoms with Gasteiger partial charge in [-0.15, -0.1) is 0 Å². The van der Waals surface area contributed by atoms with E-state index in [4.69, 9.17) is 4.74 Å². The SMILES string of the molecule is CC1COc2ccc(O)cc2N1. The van der Waals surface area contributed by atoms with E-state index in [0.29, 0.717) is 12.6 Å². The number of phenolic OH excluding ortho intramolecular Hbond substituents is 1. The molecular formula is C9H11NO2. The normalized spacial score (nSPS) is 20.6. The van der Waals surface area contributed by atoms with E-state index in [0.717, 1.165) is 11.4 Å². The van der Waals surface area contributed by atoms with Gasteiger partial charge in [0, 0.05) is 6.07 Å². The van der Waals surface area contributed by atoms with Crippen LogP contribution < -0.4 is 10.1 Å². The molecule has 1 aliphatic rings. The topological polar surface area (TPSA) is 41.5 Å². The summed E-state index contributed by atoms with van der Waals surface area (Å²) in [6, 6.07) is 5.37. The highest BCUT2D eigenvalue weighted by Gasteiger charge is 2.14. The molecule has 0 saturated heterocycles. The first-order valence-electron chi connectivity index (χ1n) is 3.98. The molecular weight excluding hydrogens is 154 g/mol. The van der Waals surface area contributed by atoms with Gasteiger partial charge in [0.15, 0.2) is 0 Å². The number of benzene rings is 1. The summed E-state index contributed by atoms with van der Waals surface area (Å²) in [5.74, 6) is 1.07. The van der Waals surface area contributed by atoms with Crippen molar-refractivity contribution in [2.75, 3.05) is 11.9 Å². The van der Waals surface area contributed by atoms with Crippen LogP contribution in [0.25, 0.3) is 0 Å². The van der Waals surface area contributed by atoms with Crippen molar-refractivity contribution in [1.29, 1.82) is 0 Å². The maximum Gasteiger partial charge on any atom is 0.142 e. The van der Waals surface area contributed by atoms with Gasteiger partial charge in [-0.05, 0) is 19.1 Å². The summed E-state index contributed by atoms with van der Waals surface area (Å²) in [5, 5.41) is 12.4. The van der Waals surface area contributed by atoms with Gasteiger partial charge in [-0.3, -0.25) is 0 Å². The van der Waals surface area contributed by atoms with Crippen molar-refractivity contribution >= 4 is 5.69 Å². The molecule has 0 radical (unpaired) electrons. The third kappa shape index (κ3) is 1.18. The van der Waals surface area contributed by atoms with Crippen molar-refractivity contribution in [2.24, 2.45) is 0 Å². The predicted octanol–water partition coefficient (Wildman–Crippen LogP) is 1.58. The second-order valence-corrected chi connectivity index (χ2v) is 3.04. The van der Waals surface area contributed by atoms with Crippen molar-refractivity contribution in [1.82, 2.24) is 0 Å². The Bertz CT molecular complexity index is 299. The second-order valence-electron chi connectivity index (χ2n) is 3.04. The zero-order valence-electron chi connectivity index (χ0n) is 6.87. The van der Waals surface area contributed by atoms with Gasteiger partial charge in [-0.1, -0.05) is 0 Å². The van der Waals surface area contributed by atoms with E-state index in [1.807, 2.05) is 6.92 Å². The number of ether oxygens (including phenoxy) is 1. The number of fused-ring (bicyclic) bond motifs is 1. The van der Waals surface area contributed by atoms with Crippen LogP contribution in [0, 0.1) is 0 Å². The molecule has 2 N–H and O–H groups in total. The van der Waals surface area contributed by atoms with Gasteiger partial charge >= 0.3 is 0 Å². The first-order valence-corrected chi connectivity index (χ1v) is 3.98. The Hall–Kier alpha value is -1.38. The number of aromatic hydroxyl groups is 1. The van der Waals surface area contributed by atoms with E-state index < -0.39 is 0 Å². The molecule has 12 heavy (non-hydrogen) atoms. The van der Waals surface area contributed by atoms with Gasteiger partial charge in [0.2, 0.25) is 0 Å². The van der Waals surface area contributed by atoms with Gasteiger partial charge in [0.05, 0.1) is 11.7 Å². The van der Waals surface area contributed by atoms with Crippen LogP contribution in [0.5, 0.6) is 11.5 Å². The van der Waals surface area contributed by atoms with Crippen LogP contribution in [0.15, 0.2) is 18.2 Å². The molecule has 0 fully saturated rings. The molecule has 2 rings (SSSR count). The molecule has 0 aromatic heterocycles. The number of rotatable bonds is 0. The number of anilines is 1. The predicted molar refractivity (Wildman–Crippen MR) is 46.7 cm³/mol. The van der Waals surface area contributed by atoms with Crippen molar-refractivity contribution in [2.45, 2.75) is 13.0 Å². The molecule has 1 atom stereocenters. The van der Waals surface area contributed by atoms with Crippen molar-refractivity contribution in [3.05, 3.63) is 18.2 Å². The van der Waals surface area contributed by atoms with E-state index >= 15 is 0 Å². The summed E-state index contributed by atoms with van der Waals surface area (Å²) in [6.45, 7) is 2.71. The molecule has 3 heteroatoms. The highest BCUT2D eigenvalue weighted by molar-refractivity contribution is 5.61. The maximum atomic E-state index is 9.18. The Morgan fingerprint density at radius 1 is 1.58 bits per heavy atom. The van der Waals surface area contributed by atoms with E-state index in [-0.39, 0.29) is 5.75 Å². The monoisotopic (exact) mass is 165 g/mol. The first-order chi connectivity index (χ1) is 5.75. The minimum Gasteiger partial charge on any atom is -0.508 e. The third-order valence-corrected chi connectivity index (χ3v) is 1.85. The highest BCUT2D eigenvalue weighted by atomic mass is 16.5. The van der Waals surface area contributed by atoms with Crippen LogP contribution in [0.2, 0.25) is 0 Å². The van der Waals surface area contributed by atoms with Crippen LogP contribution in [0.3, 0.4) is 0 Å². The Balaban J connectivity index is 2.37. The molecule has 1 heterocycles. The standard InChI is InChI=1S/C9H11NO2/c1-6-5-12-9-3-2-7(11)4-8(9)10-6/h2-4,6,10-11H,5H2,1H3. The van der Waals surface area contributed by atoms with Crippen molar-refractivity contribution < 1.29 is 9.84 Å². The summed E-state index contributed by atoms with van der Waals surface area (Å²) in [5.41, 5.74) is 0.869. The number of nitrogens with one attached hydrogen (secondary N) is 1. The Labute approximate surface area is 71.0 Å². The van der Waals surface area contributed by atoms with Crippen LogP contribution in [-0.2, 0) is 0 Å². The summed E-state index contributed by atoms with van der Waals surface area (Å²) >= 11 is 0. The summed E-state index contributed by atoms with van der Waals surface area (Å²) < 4.78 is 5.42. The van der Waals surface area contributed by atoms with E-state index in [1.54, 1.807) is 18.2 Å². The summed E-state index contributed by atoms with van der Waals surface area (Å²) in [4.78, 5) is 0. The molecule has 0 saturated carbocycles. The fraction of sp³-hybridized carbons (Fsp3) is 0.333. The van der Waals surface area contributed by atoms with Crippen LogP contribution in [0.4, 0.5) is 5.69 Å². The van der Waals surface area contributed by atoms with E-state index in [9.17, 15) is 5.11 Å². The van der Waals surface area contributed by atoms with Gasteiger partial charge in [0.25, 0.3) is 0 Å². The average Bonchev–Trinajstić information content (AvgIpc) is 2.03. The quantitative estimate of drug-likeness (QED) is 0.613. The lowest BCUT2D eigenvalue weighted by Gasteiger charge is -2.24. The van der Waals surface area contributed by atoms with Crippen molar-refractivity contribution in [3.8, 4) is 11.5 Å². The lowest BCUT2D eigenvalue weighted by atomic mass is 10.2. The molecule has 0 spiro atoms. The lowest BCUT2D eigenvalue weighted by Crippen LogP contribution is -2.28. The minimum absolute atomic E-state index is 0.263. The van der Waals surface area contributed by atoms with E-state index in [1.165, 1.54) is 0 Å². The molecule has 1 aromatic carbocycles. The molecule has 0 amide bonds. The maximum absolute atomic E-state index is 9.18.